The van der Waals surface area contributed by atoms with Crippen LogP contribution in [0.25, 0.3) is 0 Å². The van der Waals surface area contributed by atoms with E-state index in [2.05, 4.69) is 43.4 Å². The van der Waals surface area contributed by atoms with Gasteiger partial charge in [0.05, 0.1) is 43.7 Å². The van der Waals surface area contributed by atoms with Crippen molar-refractivity contribution >= 4 is 28.8 Å². The molecule has 1 N–H and O–H groups in total. The number of hydrogen-bond donors (Lipinski definition) is 1. The van der Waals surface area contributed by atoms with Crippen molar-refractivity contribution < 1.29 is 18.7 Å². The molecule has 1 aromatic heterocycles. The molecule has 0 aliphatic carbocycles. The number of aliphatic imine (C=N–C) groups is 1. The molecule has 178 valence electrons. The molecular weight excluding hydrogens is 450 g/mol. The van der Waals surface area contributed by atoms with Crippen LogP contribution in [0.1, 0.15) is 62.5 Å². The van der Waals surface area contributed by atoms with Crippen molar-refractivity contribution in [2.45, 2.75) is 52.1 Å². The summed E-state index contributed by atoms with van der Waals surface area (Å²) >= 11 is 1.47. The molecule has 7 nitrogen and oxygen atoms in total. The van der Waals surface area contributed by atoms with Gasteiger partial charge in [-0.3, -0.25) is 4.79 Å². The topological polar surface area (TPSA) is 84.1 Å². The van der Waals surface area contributed by atoms with Crippen molar-refractivity contribution in [2.24, 2.45) is 4.99 Å². The van der Waals surface area contributed by atoms with Crippen LogP contribution in [0.5, 0.6) is 0 Å². The van der Waals surface area contributed by atoms with Gasteiger partial charge in [0.15, 0.2) is 5.17 Å². The summed E-state index contributed by atoms with van der Waals surface area (Å²) in [7, 11) is 1.39. The van der Waals surface area contributed by atoms with Crippen molar-refractivity contribution in [1.82, 2.24) is 10.2 Å². The molecule has 2 aliphatic heterocycles. The van der Waals surface area contributed by atoms with Crippen LogP contribution in [0.15, 0.2) is 74.4 Å². The molecule has 0 saturated carbocycles. The van der Waals surface area contributed by atoms with E-state index in [-0.39, 0.29) is 12.3 Å². The number of esters is 1. The number of thioether (sulfide) groups is 1. The number of benzene rings is 1. The molecule has 0 spiro atoms. The Kier molecular flexibility index (Phi) is 7.26. The number of amidine groups is 1. The highest BCUT2D eigenvalue weighted by molar-refractivity contribution is 8.16. The maximum atomic E-state index is 13.0. The van der Waals surface area contributed by atoms with Crippen LogP contribution in [-0.4, -0.2) is 29.1 Å². The average Bonchev–Trinajstić information content (AvgIpc) is 3.51. The summed E-state index contributed by atoms with van der Waals surface area (Å²) in [5.41, 5.74) is 4.18. The van der Waals surface area contributed by atoms with E-state index in [4.69, 9.17) is 14.1 Å². The summed E-state index contributed by atoms with van der Waals surface area (Å²) in [6.07, 6.45) is 2.33. The zero-order valence-corrected chi connectivity index (χ0v) is 20.6. The van der Waals surface area contributed by atoms with Gasteiger partial charge in [-0.2, -0.15) is 0 Å². The monoisotopic (exact) mass is 479 g/mol. The molecule has 34 heavy (non-hydrogen) atoms. The number of ether oxygens (including phenoxy) is 1. The molecule has 0 saturated heterocycles. The third-order valence-electron chi connectivity index (χ3n) is 5.93. The van der Waals surface area contributed by atoms with E-state index >= 15 is 0 Å². The van der Waals surface area contributed by atoms with E-state index in [1.807, 2.05) is 23.3 Å². The van der Waals surface area contributed by atoms with Crippen molar-refractivity contribution in [3.63, 3.8) is 0 Å². The molecule has 1 atom stereocenters. The Morgan fingerprint density at radius 1 is 1.24 bits per heavy atom. The predicted molar refractivity (Wildman–Crippen MR) is 133 cm³/mol. The molecule has 4 rings (SSSR count). The molecule has 0 bridgehead atoms. The number of amides is 1. The Labute approximate surface area is 203 Å². The van der Waals surface area contributed by atoms with Gasteiger partial charge in [-0.05, 0) is 41.0 Å². The third kappa shape index (κ3) is 4.82. The minimum Gasteiger partial charge on any atom is -0.467 e. The quantitative estimate of drug-likeness (QED) is 0.521. The van der Waals surface area contributed by atoms with Gasteiger partial charge in [-0.15, -0.1) is 0 Å². The van der Waals surface area contributed by atoms with Crippen molar-refractivity contribution in [3.05, 3.63) is 81.9 Å². The van der Waals surface area contributed by atoms with Gasteiger partial charge >= 0.3 is 5.97 Å². The summed E-state index contributed by atoms with van der Waals surface area (Å²) in [6.45, 7) is 6.59. The molecular formula is C26H29N3O4S. The first-order valence-electron chi connectivity index (χ1n) is 11.4. The summed E-state index contributed by atoms with van der Waals surface area (Å²) in [6, 6.07) is 11.5. The second kappa shape index (κ2) is 10.3. The van der Waals surface area contributed by atoms with Gasteiger partial charge in [-0.25, -0.2) is 9.79 Å². The lowest BCUT2D eigenvalue weighted by atomic mass is 9.91. The Morgan fingerprint density at radius 2 is 2.00 bits per heavy atom. The van der Waals surface area contributed by atoms with Crippen LogP contribution >= 0.6 is 11.8 Å². The number of fused-ring (bicyclic) bond motifs is 1. The van der Waals surface area contributed by atoms with Crippen LogP contribution < -0.4 is 5.32 Å². The first-order valence-corrected chi connectivity index (χ1v) is 12.2. The smallest absolute Gasteiger partial charge is 0.338 e. The van der Waals surface area contributed by atoms with E-state index in [9.17, 15) is 9.59 Å². The lowest BCUT2D eigenvalue weighted by molar-refractivity contribution is -0.136. The molecule has 8 heteroatoms. The van der Waals surface area contributed by atoms with E-state index in [1.54, 1.807) is 12.3 Å². The lowest BCUT2D eigenvalue weighted by Gasteiger charge is -2.36. The zero-order valence-electron chi connectivity index (χ0n) is 19.8. The standard InChI is InChI=1S/C26H29N3O4S/c1-5-21-23(25(31)32-4)24(18-10-8-17(9-11-18)16(2)3)29-19(15-34-26(29)28-21)13-22(30)27-14-20-7-6-12-33-20/h6-12,15-16,24H,5,13-14H2,1-4H3,(H,27,30)/t24-/m0/s1. The molecule has 2 aromatic rings. The van der Waals surface area contributed by atoms with E-state index in [1.165, 1.54) is 24.4 Å². The number of allylic oxidation sites excluding steroid dienone is 1. The summed E-state index contributed by atoms with van der Waals surface area (Å²) in [5.74, 6) is 0.546. The number of nitrogens with one attached hydrogen (secondary N) is 1. The largest absolute Gasteiger partial charge is 0.467 e. The number of methoxy groups -OCH3 is 1. The van der Waals surface area contributed by atoms with Gasteiger partial charge in [-0.1, -0.05) is 56.8 Å². The fourth-order valence-corrected chi connectivity index (χ4v) is 5.05. The third-order valence-corrected chi connectivity index (χ3v) is 6.82. The highest BCUT2D eigenvalue weighted by Gasteiger charge is 2.41. The van der Waals surface area contributed by atoms with Gasteiger partial charge in [0, 0.05) is 5.70 Å². The lowest BCUT2D eigenvalue weighted by Crippen LogP contribution is -2.38. The normalized spacial score (nSPS) is 17.4. The summed E-state index contributed by atoms with van der Waals surface area (Å²) in [4.78, 5) is 32.5. The van der Waals surface area contributed by atoms with Crippen molar-refractivity contribution in [3.8, 4) is 0 Å². The number of nitrogens with zero attached hydrogens (tertiary/aromatic N) is 2. The predicted octanol–water partition coefficient (Wildman–Crippen LogP) is 5.25. The molecule has 1 amide bonds. The molecule has 0 radical (unpaired) electrons. The van der Waals surface area contributed by atoms with E-state index < -0.39 is 12.0 Å². The fraction of sp³-hybridized carbons (Fsp3) is 0.346. The number of hydrogen-bond acceptors (Lipinski definition) is 7. The zero-order chi connectivity index (χ0) is 24.2. The second-order valence-electron chi connectivity index (χ2n) is 8.45. The van der Waals surface area contributed by atoms with Gasteiger partial charge in [0.1, 0.15) is 5.76 Å². The summed E-state index contributed by atoms with van der Waals surface area (Å²) < 4.78 is 10.5. The Morgan fingerprint density at radius 3 is 2.62 bits per heavy atom. The number of rotatable bonds is 8. The highest BCUT2D eigenvalue weighted by Crippen LogP contribution is 2.45. The first-order chi connectivity index (χ1) is 16.4. The maximum Gasteiger partial charge on any atom is 0.338 e. The summed E-state index contributed by atoms with van der Waals surface area (Å²) in [5, 5.41) is 5.59. The van der Waals surface area contributed by atoms with Crippen LogP contribution in [0.3, 0.4) is 0 Å². The van der Waals surface area contributed by atoms with Gasteiger partial charge < -0.3 is 19.4 Å². The Bertz CT molecular complexity index is 1150. The van der Waals surface area contributed by atoms with E-state index in [0.717, 1.165) is 16.4 Å². The number of furan rings is 1. The minimum absolute atomic E-state index is 0.136. The highest BCUT2D eigenvalue weighted by atomic mass is 32.2. The fourth-order valence-electron chi connectivity index (χ4n) is 4.12. The molecule has 1 aromatic carbocycles. The van der Waals surface area contributed by atoms with Crippen LogP contribution in [0.4, 0.5) is 0 Å². The number of carbonyl (C=O) groups is 2. The Hall–Kier alpha value is -3.26. The van der Waals surface area contributed by atoms with Crippen molar-refractivity contribution in [1.29, 1.82) is 0 Å². The van der Waals surface area contributed by atoms with E-state index in [0.29, 0.717) is 35.9 Å². The van der Waals surface area contributed by atoms with Crippen LogP contribution in [-0.2, 0) is 20.9 Å². The molecule has 2 aliphatic rings. The van der Waals surface area contributed by atoms with Crippen LogP contribution in [0.2, 0.25) is 0 Å². The first kappa shape index (κ1) is 23.9. The van der Waals surface area contributed by atoms with Crippen LogP contribution in [0, 0.1) is 0 Å². The number of carbonyl (C=O) groups excluding carboxylic acids is 2. The van der Waals surface area contributed by atoms with Gasteiger partial charge in [0.25, 0.3) is 0 Å². The minimum atomic E-state index is -0.421. The molecule has 0 unspecified atom stereocenters. The average molecular weight is 480 g/mol. The Balaban J connectivity index is 1.66. The molecule has 0 fully saturated rings. The SMILES string of the molecule is CCC1=C(C(=O)OC)[C@H](c2ccc(C(C)C)cc2)N2C(CC(=O)NCc3ccco3)=CSC2=N1. The maximum absolute atomic E-state index is 13.0. The second-order valence-corrected chi connectivity index (χ2v) is 9.29. The molecule has 3 heterocycles. The van der Waals surface area contributed by atoms with Crippen molar-refractivity contribution in [2.75, 3.05) is 7.11 Å². The van der Waals surface area contributed by atoms with Gasteiger partial charge in [0.2, 0.25) is 5.91 Å².